The topological polar surface area (TPSA) is 102 Å². The fourth-order valence-electron chi connectivity index (χ4n) is 2.71. The van der Waals surface area contributed by atoms with Crippen molar-refractivity contribution in [1.82, 2.24) is 30.4 Å². The maximum Gasteiger partial charge on any atom is 0.321 e. The van der Waals surface area contributed by atoms with Gasteiger partial charge in [-0.2, -0.15) is 0 Å². The number of carbonyl (C=O) groups excluding carboxylic acids is 2. The van der Waals surface area contributed by atoms with Gasteiger partial charge in [-0.15, -0.1) is 10.2 Å². The Morgan fingerprint density at radius 2 is 1.97 bits per heavy atom. The lowest BCUT2D eigenvalue weighted by molar-refractivity contribution is -0.117. The molecule has 2 N–H and O–H groups in total. The van der Waals surface area contributed by atoms with E-state index >= 15 is 0 Å². The molecule has 168 valence electrons. The number of halogens is 2. The van der Waals surface area contributed by atoms with Crippen molar-refractivity contribution in [2.45, 2.75) is 25.4 Å². The van der Waals surface area contributed by atoms with Gasteiger partial charge in [0.25, 0.3) is 0 Å². The molecule has 0 radical (unpaired) electrons. The highest BCUT2D eigenvalue weighted by molar-refractivity contribution is 7.99. The summed E-state index contributed by atoms with van der Waals surface area (Å²) in [6, 6.07) is 8.28. The van der Waals surface area contributed by atoms with Crippen LogP contribution in [0.15, 0.2) is 47.9 Å². The molecule has 0 aliphatic carbocycles. The summed E-state index contributed by atoms with van der Waals surface area (Å²) < 4.78 is 1.76. The summed E-state index contributed by atoms with van der Waals surface area (Å²) in [5, 5.41) is 14.8. The highest BCUT2D eigenvalue weighted by Gasteiger charge is 2.19. The fraction of sp³-hybridized carbons (Fsp3) is 0.286. The second-order valence-electron chi connectivity index (χ2n) is 7.26. The summed E-state index contributed by atoms with van der Waals surface area (Å²) in [5.74, 6) is 0.530. The van der Waals surface area contributed by atoms with Gasteiger partial charge in [0.2, 0.25) is 5.91 Å². The molecule has 32 heavy (non-hydrogen) atoms. The summed E-state index contributed by atoms with van der Waals surface area (Å²) in [5.41, 5.74) is 1.42. The predicted octanol–water partition coefficient (Wildman–Crippen LogP) is 4.60. The number of nitrogens with one attached hydrogen (secondary N) is 2. The van der Waals surface area contributed by atoms with Gasteiger partial charge in [0.05, 0.1) is 21.5 Å². The lowest BCUT2D eigenvalue weighted by Crippen LogP contribution is -2.40. The molecule has 3 rings (SSSR count). The first-order valence-corrected chi connectivity index (χ1v) is 11.6. The lowest BCUT2D eigenvalue weighted by atomic mass is 10.1. The summed E-state index contributed by atoms with van der Waals surface area (Å²) in [6.45, 7) is 4.63. The molecule has 0 fully saturated rings. The first kappa shape index (κ1) is 24.0. The Morgan fingerprint density at radius 3 is 2.66 bits per heavy atom. The van der Waals surface area contributed by atoms with E-state index in [2.05, 4.69) is 39.7 Å². The van der Waals surface area contributed by atoms with Gasteiger partial charge in [-0.25, -0.2) is 4.79 Å². The number of hydrogen-bond donors (Lipinski definition) is 2. The van der Waals surface area contributed by atoms with Crippen LogP contribution in [-0.2, 0) is 4.79 Å². The largest absolute Gasteiger partial charge is 0.338 e. The lowest BCUT2D eigenvalue weighted by Gasteiger charge is -2.11. The third-order valence-electron chi connectivity index (χ3n) is 4.31. The van der Waals surface area contributed by atoms with Gasteiger partial charge in [0, 0.05) is 24.5 Å². The molecule has 11 heteroatoms. The fourth-order valence-corrected chi connectivity index (χ4v) is 3.76. The van der Waals surface area contributed by atoms with Crippen molar-refractivity contribution in [2.24, 2.45) is 5.92 Å². The zero-order chi connectivity index (χ0) is 23.1. The number of urea groups is 1. The Bertz CT molecular complexity index is 1090. The molecule has 1 aromatic carbocycles. The average molecular weight is 493 g/mol. The SMILES string of the molecule is CC(C)CCNC(=O)NC(=O)CSc1nnc(-c2cccnc2)n1-c1ccc(Cl)c(Cl)c1. The summed E-state index contributed by atoms with van der Waals surface area (Å²) in [6.07, 6.45) is 4.16. The van der Waals surface area contributed by atoms with Gasteiger partial charge in [0.1, 0.15) is 0 Å². The molecule has 0 bridgehead atoms. The Kier molecular flexibility index (Phi) is 8.49. The van der Waals surface area contributed by atoms with E-state index in [1.165, 1.54) is 0 Å². The number of carbonyl (C=O) groups is 2. The molecule has 2 heterocycles. The standard InChI is InChI=1S/C21H22Cl2N6O2S/c1-13(2)7-9-25-20(31)26-18(30)12-32-21-28-27-19(14-4-3-8-24-11-14)29(21)15-5-6-16(22)17(23)10-15/h3-6,8,10-11,13H,7,9,12H2,1-2H3,(H2,25,26,30,31). The number of rotatable bonds is 8. The van der Waals surface area contributed by atoms with Crippen LogP contribution in [-0.4, -0.2) is 44.0 Å². The van der Waals surface area contributed by atoms with Gasteiger partial charge < -0.3 is 5.32 Å². The molecule has 8 nitrogen and oxygen atoms in total. The van der Waals surface area contributed by atoms with E-state index in [1.807, 2.05) is 6.07 Å². The van der Waals surface area contributed by atoms with Crippen molar-refractivity contribution in [1.29, 1.82) is 0 Å². The van der Waals surface area contributed by atoms with Crippen LogP contribution < -0.4 is 10.6 Å². The maximum atomic E-state index is 12.2. The number of aromatic nitrogens is 4. The van der Waals surface area contributed by atoms with E-state index in [4.69, 9.17) is 23.2 Å². The van der Waals surface area contributed by atoms with Gasteiger partial charge in [-0.1, -0.05) is 48.8 Å². The number of pyridine rings is 1. The maximum absolute atomic E-state index is 12.2. The minimum atomic E-state index is -0.516. The molecule has 0 saturated heterocycles. The highest BCUT2D eigenvalue weighted by atomic mass is 35.5. The zero-order valence-corrected chi connectivity index (χ0v) is 19.8. The van der Waals surface area contributed by atoms with Crippen LogP contribution in [0.2, 0.25) is 10.0 Å². The van der Waals surface area contributed by atoms with Crippen molar-refractivity contribution in [3.63, 3.8) is 0 Å². The van der Waals surface area contributed by atoms with Crippen molar-refractivity contribution in [3.8, 4) is 17.1 Å². The monoisotopic (exact) mass is 492 g/mol. The number of hydrogen-bond acceptors (Lipinski definition) is 6. The first-order valence-electron chi connectivity index (χ1n) is 9.87. The van der Waals surface area contributed by atoms with E-state index < -0.39 is 11.9 Å². The van der Waals surface area contributed by atoms with Crippen LogP contribution in [0, 0.1) is 5.92 Å². The second-order valence-corrected chi connectivity index (χ2v) is 9.01. The van der Waals surface area contributed by atoms with E-state index in [0.717, 1.165) is 23.7 Å². The number of benzene rings is 1. The summed E-state index contributed by atoms with van der Waals surface area (Å²) >= 11 is 13.4. The van der Waals surface area contributed by atoms with Crippen molar-refractivity contribution >= 4 is 46.9 Å². The zero-order valence-electron chi connectivity index (χ0n) is 17.5. The van der Waals surface area contributed by atoms with E-state index in [9.17, 15) is 9.59 Å². The van der Waals surface area contributed by atoms with Gasteiger partial charge >= 0.3 is 6.03 Å². The Hall–Kier alpha value is -2.62. The number of thioether (sulfide) groups is 1. The van der Waals surface area contributed by atoms with Crippen LogP contribution in [0.4, 0.5) is 4.79 Å². The molecule has 3 aromatic rings. The molecule has 0 spiro atoms. The smallest absolute Gasteiger partial charge is 0.321 e. The third-order valence-corrected chi connectivity index (χ3v) is 5.98. The van der Waals surface area contributed by atoms with Gasteiger partial charge in [-0.3, -0.25) is 19.7 Å². The Morgan fingerprint density at radius 1 is 1.16 bits per heavy atom. The number of amides is 3. The van der Waals surface area contributed by atoms with Gasteiger partial charge in [-0.05, 0) is 42.7 Å². The Balaban J connectivity index is 1.76. The van der Waals surface area contributed by atoms with Crippen LogP contribution in [0.5, 0.6) is 0 Å². The predicted molar refractivity (Wildman–Crippen MR) is 126 cm³/mol. The van der Waals surface area contributed by atoms with Crippen LogP contribution in [0.3, 0.4) is 0 Å². The summed E-state index contributed by atoms with van der Waals surface area (Å²) in [4.78, 5) is 28.3. The van der Waals surface area contributed by atoms with E-state index in [1.54, 1.807) is 41.2 Å². The summed E-state index contributed by atoms with van der Waals surface area (Å²) in [7, 11) is 0. The highest BCUT2D eigenvalue weighted by Crippen LogP contribution is 2.31. The number of imide groups is 1. The van der Waals surface area contributed by atoms with Crippen LogP contribution in [0.1, 0.15) is 20.3 Å². The van der Waals surface area contributed by atoms with Crippen molar-refractivity contribution < 1.29 is 9.59 Å². The van der Waals surface area contributed by atoms with Crippen molar-refractivity contribution in [2.75, 3.05) is 12.3 Å². The van der Waals surface area contributed by atoms with Crippen molar-refractivity contribution in [3.05, 3.63) is 52.8 Å². The molecule has 0 saturated carbocycles. The second kappa shape index (κ2) is 11.3. The molecule has 3 amide bonds. The average Bonchev–Trinajstić information content (AvgIpc) is 3.18. The first-order chi connectivity index (χ1) is 15.3. The van der Waals surface area contributed by atoms with E-state index in [0.29, 0.717) is 39.2 Å². The molecule has 2 aromatic heterocycles. The quantitative estimate of drug-likeness (QED) is 0.445. The molecule has 0 aliphatic rings. The Labute approximate surface area is 200 Å². The number of nitrogens with zero attached hydrogens (tertiary/aromatic N) is 4. The van der Waals surface area contributed by atoms with Gasteiger partial charge in [0.15, 0.2) is 11.0 Å². The molecule has 0 atom stereocenters. The minimum Gasteiger partial charge on any atom is -0.338 e. The van der Waals surface area contributed by atoms with E-state index in [-0.39, 0.29) is 5.75 Å². The molecule has 0 aliphatic heterocycles. The minimum absolute atomic E-state index is 0.0237. The molecular weight excluding hydrogens is 471 g/mol. The normalized spacial score (nSPS) is 10.9. The third kappa shape index (κ3) is 6.44. The van der Waals surface area contributed by atoms with Crippen LogP contribution in [0.25, 0.3) is 17.1 Å². The van der Waals surface area contributed by atoms with Crippen LogP contribution >= 0.6 is 35.0 Å². The molecular formula is C21H22Cl2N6O2S. The molecule has 0 unspecified atom stereocenters.